The van der Waals surface area contributed by atoms with Crippen LogP contribution in [-0.4, -0.2) is 18.3 Å². The summed E-state index contributed by atoms with van der Waals surface area (Å²) in [6.07, 6.45) is 1.64. The third kappa shape index (κ3) is 4.67. The van der Waals surface area contributed by atoms with Gasteiger partial charge in [0.25, 0.3) is 0 Å². The SMILES string of the molecule is C=CCNC(=S)Nc1cc(C)ccc1OC(F)F. The average Bonchev–Trinajstić information content (AvgIpc) is 2.29. The van der Waals surface area contributed by atoms with Crippen molar-refractivity contribution in [2.24, 2.45) is 0 Å². The van der Waals surface area contributed by atoms with Crippen molar-refractivity contribution in [3.8, 4) is 5.75 Å². The fourth-order valence-electron chi connectivity index (χ4n) is 1.27. The van der Waals surface area contributed by atoms with Gasteiger partial charge >= 0.3 is 6.61 Å². The summed E-state index contributed by atoms with van der Waals surface area (Å²) in [6.45, 7) is 3.00. The van der Waals surface area contributed by atoms with Crippen molar-refractivity contribution < 1.29 is 13.5 Å². The number of nitrogens with one attached hydrogen (secondary N) is 2. The predicted octanol–water partition coefficient (Wildman–Crippen LogP) is 3.07. The fourth-order valence-corrected chi connectivity index (χ4v) is 1.46. The molecule has 0 radical (unpaired) electrons. The molecule has 0 heterocycles. The summed E-state index contributed by atoms with van der Waals surface area (Å²) >= 11 is 5.00. The summed E-state index contributed by atoms with van der Waals surface area (Å²) < 4.78 is 28.9. The van der Waals surface area contributed by atoms with Gasteiger partial charge in [-0.05, 0) is 36.8 Å². The Balaban J connectivity index is 2.81. The van der Waals surface area contributed by atoms with Crippen LogP contribution in [0, 0.1) is 6.92 Å². The first-order valence-electron chi connectivity index (χ1n) is 5.24. The predicted molar refractivity (Wildman–Crippen MR) is 72.2 cm³/mol. The summed E-state index contributed by atoms with van der Waals surface area (Å²) in [5.41, 5.74) is 1.31. The Morgan fingerprint density at radius 3 is 2.89 bits per heavy atom. The molecule has 0 aliphatic carbocycles. The molecule has 0 aliphatic rings. The van der Waals surface area contributed by atoms with Crippen molar-refractivity contribution >= 4 is 23.0 Å². The normalized spacial score (nSPS) is 10.0. The highest BCUT2D eigenvalue weighted by atomic mass is 32.1. The minimum Gasteiger partial charge on any atom is -0.433 e. The van der Waals surface area contributed by atoms with Crippen LogP contribution < -0.4 is 15.4 Å². The van der Waals surface area contributed by atoms with Crippen molar-refractivity contribution in [2.75, 3.05) is 11.9 Å². The summed E-state index contributed by atoms with van der Waals surface area (Å²) in [4.78, 5) is 0. The number of halogens is 2. The number of thiocarbonyl (C=S) groups is 1. The van der Waals surface area contributed by atoms with Gasteiger partial charge in [0, 0.05) is 6.54 Å². The lowest BCUT2D eigenvalue weighted by Crippen LogP contribution is -2.28. The largest absolute Gasteiger partial charge is 0.433 e. The first-order chi connectivity index (χ1) is 8.52. The number of hydrogen-bond donors (Lipinski definition) is 2. The Bertz CT molecular complexity index is 438. The second-order valence-corrected chi connectivity index (χ2v) is 3.91. The smallest absolute Gasteiger partial charge is 0.387 e. The Hall–Kier alpha value is -1.69. The Morgan fingerprint density at radius 1 is 1.56 bits per heavy atom. The van der Waals surface area contributed by atoms with Gasteiger partial charge in [0.15, 0.2) is 5.11 Å². The highest BCUT2D eigenvalue weighted by Gasteiger charge is 2.10. The molecule has 1 aromatic rings. The lowest BCUT2D eigenvalue weighted by Gasteiger charge is -2.14. The number of rotatable bonds is 5. The fraction of sp³-hybridized carbons (Fsp3) is 0.250. The monoisotopic (exact) mass is 272 g/mol. The number of hydrogen-bond acceptors (Lipinski definition) is 2. The van der Waals surface area contributed by atoms with Gasteiger partial charge in [0.05, 0.1) is 5.69 Å². The van der Waals surface area contributed by atoms with E-state index in [2.05, 4.69) is 21.9 Å². The van der Waals surface area contributed by atoms with E-state index in [9.17, 15) is 8.78 Å². The molecule has 0 saturated carbocycles. The van der Waals surface area contributed by atoms with E-state index in [0.29, 0.717) is 17.3 Å². The first-order valence-corrected chi connectivity index (χ1v) is 5.65. The molecule has 0 amide bonds. The van der Waals surface area contributed by atoms with Gasteiger partial charge in [-0.15, -0.1) is 6.58 Å². The molecule has 2 N–H and O–H groups in total. The maximum Gasteiger partial charge on any atom is 0.387 e. The van der Waals surface area contributed by atoms with Gasteiger partial charge in [-0.25, -0.2) is 0 Å². The highest BCUT2D eigenvalue weighted by molar-refractivity contribution is 7.80. The summed E-state index contributed by atoms with van der Waals surface area (Å²) in [5.74, 6) is 0.0540. The first kappa shape index (κ1) is 14.4. The van der Waals surface area contributed by atoms with Crippen LogP contribution in [0.3, 0.4) is 0 Å². The van der Waals surface area contributed by atoms with Gasteiger partial charge < -0.3 is 15.4 Å². The molecule has 0 aromatic heterocycles. The maximum atomic E-state index is 12.2. The topological polar surface area (TPSA) is 33.3 Å². The van der Waals surface area contributed by atoms with Crippen molar-refractivity contribution in [2.45, 2.75) is 13.5 Å². The van der Waals surface area contributed by atoms with Crippen LogP contribution >= 0.6 is 12.2 Å². The summed E-state index contributed by atoms with van der Waals surface area (Å²) in [5, 5.41) is 5.96. The second-order valence-electron chi connectivity index (χ2n) is 3.50. The molecule has 3 nitrogen and oxygen atoms in total. The number of ether oxygens (including phenoxy) is 1. The minimum absolute atomic E-state index is 0.0540. The van der Waals surface area contributed by atoms with Gasteiger partial charge in [0.1, 0.15) is 5.75 Å². The van der Waals surface area contributed by atoms with Gasteiger partial charge in [0.2, 0.25) is 0 Å². The molecule has 1 aromatic carbocycles. The van der Waals surface area contributed by atoms with Crippen LogP contribution in [0.15, 0.2) is 30.9 Å². The molecule has 0 spiro atoms. The average molecular weight is 272 g/mol. The molecule has 0 saturated heterocycles. The standard InChI is InChI=1S/C12H14F2N2OS/c1-3-6-15-12(18)16-9-7-8(2)4-5-10(9)17-11(13)14/h3-5,7,11H,1,6H2,2H3,(H2,15,16,18). The zero-order chi connectivity index (χ0) is 13.5. The molecule has 98 valence electrons. The van der Waals surface area contributed by atoms with E-state index in [1.54, 1.807) is 18.2 Å². The number of anilines is 1. The van der Waals surface area contributed by atoms with Crippen molar-refractivity contribution in [1.82, 2.24) is 5.32 Å². The van der Waals surface area contributed by atoms with Crippen molar-refractivity contribution in [3.63, 3.8) is 0 Å². The zero-order valence-corrected chi connectivity index (χ0v) is 10.7. The molecule has 0 unspecified atom stereocenters. The lowest BCUT2D eigenvalue weighted by molar-refractivity contribution is -0.0493. The molecular formula is C12H14F2N2OS. The van der Waals surface area contributed by atoms with E-state index in [1.807, 2.05) is 6.92 Å². The molecule has 0 bridgehead atoms. The third-order valence-electron chi connectivity index (χ3n) is 2.01. The minimum atomic E-state index is -2.87. The van der Waals surface area contributed by atoms with E-state index in [4.69, 9.17) is 12.2 Å². The van der Waals surface area contributed by atoms with Crippen molar-refractivity contribution in [1.29, 1.82) is 0 Å². The van der Waals surface area contributed by atoms with E-state index in [0.717, 1.165) is 5.56 Å². The molecule has 18 heavy (non-hydrogen) atoms. The summed E-state index contributed by atoms with van der Waals surface area (Å²) in [6, 6.07) is 4.84. The molecule has 0 aliphatic heterocycles. The van der Waals surface area contributed by atoms with E-state index in [1.165, 1.54) is 6.07 Å². The number of benzene rings is 1. The van der Waals surface area contributed by atoms with Crippen LogP contribution in [0.25, 0.3) is 0 Å². The Morgan fingerprint density at radius 2 is 2.28 bits per heavy atom. The molecule has 1 rings (SSSR count). The second kappa shape index (κ2) is 6.90. The molecule has 0 fully saturated rings. The molecule has 6 heteroatoms. The zero-order valence-electron chi connectivity index (χ0n) is 9.87. The van der Waals surface area contributed by atoms with E-state index >= 15 is 0 Å². The molecular weight excluding hydrogens is 258 g/mol. The van der Waals surface area contributed by atoms with Crippen LogP contribution in [0.5, 0.6) is 5.75 Å². The lowest BCUT2D eigenvalue weighted by atomic mass is 10.2. The highest BCUT2D eigenvalue weighted by Crippen LogP contribution is 2.27. The summed E-state index contributed by atoms with van der Waals surface area (Å²) in [7, 11) is 0. The Labute approximate surface area is 110 Å². The molecule has 0 atom stereocenters. The van der Waals surface area contributed by atoms with Gasteiger partial charge in [-0.2, -0.15) is 8.78 Å². The Kier molecular flexibility index (Phi) is 5.51. The van der Waals surface area contributed by atoms with Crippen LogP contribution in [0.2, 0.25) is 0 Å². The van der Waals surface area contributed by atoms with Crippen LogP contribution in [-0.2, 0) is 0 Å². The van der Waals surface area contributed by atoms with Crippen LogP contribution in [0.4, 0.5) is 14.5 Å². The number of alkyl halides is 2. The quantitative estimate of drug-likeness (QED) is 0.637. The van der Waals surface area contributed by atoms with Crippen molar-refractivity contribution in [3.05, 3.63) is 36.4 Å². The van der Waals surface area contributed by atoms with E-state index in [-0.39, 0.29) is 5.75 Å². The van der Waals surface area contributed by atoms with Crippen LogP contribution in [0.1, 0.15) is 5.56 Å². The van der Waals surface area contributed by atoms with E-state index < -0.39 is 6.61 Å². The number of aryl methyl sites for hydroxylation is 1. The van der Waals surface area contributed by atoms with Gasteiger partial charge in [-0.3, -0.25) is 0 Å². The van der Waals surface area contributed by atoms with Gasteiger partial charge in [-0.1, -0.05) is 12.1 Å². The maximum absolute atomic E-state index is 12.2. The third-order valence-corrected chi connectivity index (χ3v) is 2.25.